The summed E-state index contributed by atoms with van der Waals surface area (Å²) in [5.41, 5.74) is 2.49. The van der Waals surface area contributed by atoms with Crippen LogP contribution in [0.5, 0.6) is 0 Å². The van der Waals surface area contributed by atoms with E-state index in [4.69, 9.17) is 0 Å². The number of anilines is 2. The van der Waals surface area contributed by atoms with Gasteiger partial charge in [-0.15, -0.1) is 0 Å². The second kappa shape index (κ2) is 6.80. The molecule has 0 unspecified atom stereocenters. The third kappa shape index (κ3) is 4.13. The van der Waals surface area contributed by atoms with E-state index in [1.807, 2.05) is 7.05 Å². The lowest BCUT2D eigenvalue weighted by Gasteiger charge is -2.30. The van der Waals surface area contributed by atoms with Crippen LogP contribution in [0.1, 0.15) is 19.3 Å². The first-order valence-corrected chi connectivity index (χ1v) is 7.36. The van der Waals surface area contributed by atoms with E-state index >= 15 is 0 Å². The SMILES string of the molecule is CNc1ccc(N(C)CCC2CCN(C)CC2)cc1. The van der Waals surface area contributed by atoms with E-state index in [9.17, 15) is 0 Å². The summed E-state index contributed by atoms with van der Waals surface area (Å²) in [6.45, 7) is 3.70. The van der Waals surface area contributed by atoms with E-state index in [1.165, 1.54) is 43.7 Å². The number of rotatable bonds is 5. The molecule has 3 nitrogen and oxygen atoms in total. The Kier molecular flexibility index (Phi) is 5.08. The molecule has 1 aliphatic heterocycles. The highest BCUT2D eigenvalue weighted by Crippen LogP contribution is 2.22. The molecule has 0 amide bonds. The summed E-state index contributed by atoms with van der Waals surface area (Å²) in [5, 5.41) is 3.16. The lowest BCUT2D eigenvalue weighted by molar-refractivity contribution is 0.213. The van der Waals surface area contributed by atoms with Crippen molar-refractivity contribution in [3.63, 3.8) is 0 Å². The monoisotopic (exact) mass is 261 g/mol. The smallest absolute Gasteiger partial charge is 0.0365 e. The van der Waals surface area contributed by atoms with E-state index in [0.29, 0.717) is 0 Å². The average molecular weight is 261 g/mol. The summed E-state index contributed by atoms with van der Waals surface area (Å²) in [6, 6.07) is 8.67. The molecule has 0 bridgehead atoms. The fourth-order valence-corrected chi connectivity index (χ4v) is 2.74. The maximum absolute atomic E-state index is 3.16. The van der Waals surface area contributed by atoms with Gasteiger partial charge < -0.3 is 15.1 Å². The first-order chi connectivity index (χ1) is 9.19. The van der Waals surface area contributed by atoms with Gasteiger partial charge in [-0.25, -0.2) is 0 Å². The largest absolute Gasteiger partial charge is 0.388 e. The zero-order valence-electron chi connectivity index (χ0n) is 12.5. The molecule has 106 valence electrons. The van der Waals surface area contributed by atoms with Crippen LogP contribution in [0.4, 0.5) is 11.4 Å². The molecule has 0 atom stereocenters. The fourth-order valence-electron chi connectivity index (χ4n) is 2.74. The maximum Gasteiger partial charge on any atom is 0.0365 e. The van der Waals surface area contributed by atoms with Crippen LogP contribution >= 0.6 is 0 Å². The third-order valence-electron chi connectivity index (χ3n) is 4.31. The Hall–Kier alpha value is -1.22. The third-order valence-corrected chi connectivity index (χ3v) is 4.31. The molecule has 0 saturated carbocycles. The van der Waals surface area contributed by atoms with Crippen molar-refractivity contribution in [2.75, 3.05) is 51.0 Å². The summed E-state index contributed by atoms with van der Waals surface area (Å²) in [5.74, 6) is 0.912. The van der Waals surface area contributed by atoms with Gasteiger partial charge in [0.25, 0.3) is 0 Å². The van der Waals surface area contributed by atoms with E-state index in [0.717, 1.165) is 12.5 Å². The molecule has 1 aromatic rings. The van der Waals surface area contributed by atoms with Crippen molar-refractivity contribution < 1.29 is 0 Å². The van der Waals surface area contributed by atoms with Crippen molar-refractivity contribution >= 4 is 11.4 Å². The van der Waals surface area contributed by atoms with Gasteiger partial charge in [0, 0.05) is 32.0 Å². The highest BCUT2D eigenvalue weighted by atomic mass is 15.1. The van der Waals surface area contributed by atoms with Gasteiger partial charge in [0.1, 0.15) is 0 Å². The summed E-state index contributed by atoms with van der Waals surface area (Å²) in [6.07, 6.45) is 4.05. The zero-order chi connectivity index (χ0) is 13.7. The molecule has 0 radical (unpaired) electrons. The highest BCUT2D eigenvalue weighted by Gasteiger charge is 2.16. The molecule has 3 heteroatoms. The van der Waals surface area contributed by atoms with Gasteiger partial charge >= 0.3 is 0 Å². The molecule has 2 rings (SSSR count). The summed E-state index contributed by atoms with van der Waals surface area (Å²) < 4.78 is 0. The van der Waals surface area contributed by atoms with Gasteiger partial charge in [0.15, 0.2) is 0 Å². The van der Waals surface area contributed by atoms with Crippen LogP contribution in [0.3, 0.4) is 0 Å². The lowest BCUT2D eigenvalue weighted by atomic mass is 9.93. The Morgan fingerprint density at radius 2 is 1.84 bits per heavy atom. The van der Waals surface area contributed by atoms with Crippen molar-refractivity contribution in [2.45, 2.75) is 19.3 Å². The molecule has 19 heavy (non-hydrogen) atoms. The van der Waals surface area contributed by atoms with Crippen molar-refractivity contribution in [3.8, 4) is 0 Å². The number of piperidine rings is 1. The molecule has 0 aliphatic carbocycles. The van der Waals surface area contributed by atoms with Crippen LogP contribution in [0.25, 0.3) is 0 Å². The minimum atomic E-state index is 0.912. The van der Waals surface area contributed by atoms with Crippen molar-refractivity contribution in [3.05, 3.63) is 24.3 Å². The maximum atomic E-state index is 3.16. The predicted molar refractivity (Wildman–Crippen MR) is 84.1 cm³/mol. The predicted octanol–water partition coefficient (Wildman–Crippen LogP) is 2.90. The average Bonchev–Trinajstić information content (AvgIpc) is 2.46. The van der Waals surface area contributed by atoms with Crippen molar-refractivity contribution in [1.82, 2.24) is 4.90 Å². The van der Waals surface area contributed by atoms with Gasteiger partial charge in [-0.1, -0.05) is 0 Å². The second-order valence-electron chi connectivity index (χ2n) is 5.75. The molecule has 1 saturated heterocycles. The quantitative estimate of drug-likeness (QED) is 0.879. The first kappa shape index (κ1) is 14.2. The van der Waals surface area contributed by atoms with Gasteiger partial charge in [-0.2, -0.15) is 0 Å². The van der Waals surface area contributed by atoms with Crippen LogP contribution in [0.15, 0.2) is 24.3 Å². The van der Waals surface area contributed by atoms with Crippen molar-refractivity contribution in [1.29, 1.82) is 0 Å². The van der Waals surface area contributed by atoms with Gasteiger partial charge in [-0.05, 0) is 69.6 Å². The number of benzene rings is 1. The summed E-state index contributed by atoms with van der Waals surface area (Å²) in [4.78, 5) is 4.81. The Balaban J connectivity index is 1.78. The van der Waals surface area contributed by atoms with Crippen molar-refractivity contribution in [2.24, 2.45) is 5.92 Å². The number of hydrogen-bond donors (Lipinski definition) is 1. The molecular formula is C16H27N3. The number of nitrogens with one attached hydrogen (secondary N) is 1. The Morgan fingerprint density at radius 3 is 2.42 bits per heavy atom. The zero-order valence-corrected chi connectivity index (χ0v) is 12.5. The molecule has 1 fully saturated rings. The lowest BCUT2D eigenvalue weighted by Crippen LogP contribution is -2.32. The van der Waals surface area contributed by atoms with Crippen LogP contribution in [0.2, 0.25) is 0 Å². The van der Waals surface area contributed by atoms with Crippen LogP contribution in [-0.2, 0) is 0 Å². The topological polar surface area (TPSA) is 18.5 Å². The number of nitrogens with zero attached hydrogens (tertiary/aromatic N) is 2. The number of likely N-dealkylation sites (tertiary alicyclic amines) is 1. The molecule has 0 aromatic heterocycles. The normalized spacial score (nSPS) is 17.4. The Labute approximate surface area is 117 Å². The molecular weight excluding hydrogens is 234 g/mol. The van der Waals surface area contributed by atoms with E-state index in [-0.39, 0.29) is 0 Å². The second-order valence-corrected chi connectivity index (χ2v) is 5.75. The fraction of sp³-hybridized carbons (Fsp3) is 0.625. The summed E-state index contributed by atoms with van der Waals surface area (Å²) in [7, 11) is 6.38. The van der Waals surface area contributed by atoms with Crippen LogP contribution in [-0.4, -0.2) is 45.7 Å². The van der Waals surface area contributed by atoms with Crippen LogP contribution < -0.4 is 10.2 Å². The first-order valence-electron chi connectivity index (χ1n) is 7.36. The Morgan fingerprint density at radius 1 is 1.21 bits per heavy atom. The van der Waals surface area contributed by atoms with Gasteiger partial charge in [-0.3, -0.25) is 0 Å². The minimum absolute atomic E-state index is 0.912. The van der Waals surface area contributed by atoms with Crippen LogP contribution in [0, 0.1) is 5.92 Å². The summed E-state index contributed by atoms with van der Waals surface area (Å²) >= 11 is 0. The van der Waals surface area contributed by atoms with Gasteiger partial charge in [0.2, 0.25) is 0 Å². The molecule has 1 aliphatic rings. The minimum Gasteiger partial charge on any atom is -0.388 e. The highest BCUT2D eigenvalue weighted by molar-refractivity contribution is 5.54. The van der Waals surface area contributed by atoms with E-state index < -0.39 is 0 Å². The molecule has 0 spiro atoms. The Bertz CT molecular complexity index is 366. The molecule has 1 N–H and O–H groups in total. The van der Waals surface area contributed by atoms with E-state index in [1.54, 1.807) is 0 Å². The standard InChI is InChI=1S/C16H27N3/c1-17-15-4-6-16(7-5-15)19(3)13-10-14-8-11-18(2)12-9-14/h4-7,14,17H,8-13H2,1-3H3. The van der Waals surface area contributed by atoms with Gasteiger partial charge in [0.05, 0.1) is 0 Å². The molecule has 1 aromatic carbocycles. The molecule has 1 heterocycles. The van der Waals surface area contributed by atoms with E-state index in [2.05, 4.69) is 53.5 Å². The number of hydrogen-bond acceptors (Lipinski definition) is 3.